The molecule has 3 atom stereocenters. The lowest BCUT2D eigenvalue weighted by Gasteiger charge is -2.47. The Morgan fingerprint density at radius 2 is 1.63 bits per heavy atom. The lowest BCUT2D eigenvalue weighted by Crippen LogP contribution is -2.58. The summed E-state index contributed by atoms with van der Waals surface area (Å²) in [6.07, 6.45) is 5.03. The number of hydrogen-bond donors (Lipinski definition) is 2. The van der Waals surface area contributed by atoms with Gasteiger partial charge in [0, 0.05) is 63.3 Å². The standard InChI is InChI=1S/C43H47ClFN9O6/c1-24-21-51(22-25(2)53(24)37-19-32-31(18-34(37)45)42(58)54(43(32)59)36-10-12-39(55)48-41(36)57)23-26-13-15-52(16-14-26)38-11-9-35(49-50-38)40(56)47-28-4-7-29(8-5-28)60-30-6-3-27(20-46)33(44)17-30/h3,6,9,11,17-19,24-26,28-29,36H,4-5,7-8,10,12-16,21-23H2,1-2H3,(H,47,56)(H,48,55,57)/t24?,25?,28-,29-,36?. The molecule has 1 aromatic heterocycles. The molecule has 0 spiro atoms. The number of anilines is 2. The number of halogens is 2. The third-order valence-corrected chi connectivity index (χ3v) is 12.8. The van der Waals surface area contributed by atoms with E-state index in [-0.39, 0.29) is 65.5 Å². The first kappa shape index (κ1) is 41.1. The van der Waals surface area contributed by atoms with Crippen LogP contribution in [0.3, 0.4) is 0 Å². The molecule has 2 aromatic carbocycles. The molecule has 1 saturated carbocycles. The van der Waals surface area contributed by atoms with E-state index in [1.165, 1.54) is 6.07 Å². The molecule has 5 aliphatic rings. The smallest absolute Gasteiger partial charge is 0.272 e. The Labute approximate surface area is 352 Å². The average Bonchev–Trinajstić information content (AvgIpc) is 3.46. The summed E-state index contributed by atoms with van der Waals surface area (Å²) in [6.45, 7) is 7.93. The minimum atomic E-state index is -1.12. The summed E-state index contributed by atoms with van der Waals surface area (Å²) >= 11 is 6.15. The van der Waals surface area contributed by atoms with Gasteiger partial charge in [0.05, 0.1) is 33.5 Å². The molecule has 15 nitrogen and oxygen atoms in total. The summed E-state index contributed by atoms with van der Waals surface area (Å²) in [5, 5.41) is 23.4. The monoisotopic (exact) mass is 839 g/mol. The number of benzene rings is 2. The molecule has 8 rings (SSSR count). The van der Waals surface area contributed by atoms with Gasteiger partial charge in [-0.3, -0.25) is 39.1 Å². The number of carbonyl (C=O) groups is 5. The minimum Gasteiger partial charge on any atom is -0.490 e. The van der Waals surface area contributed by atoms with Crippen molar-refractivity contribution in [1.82, 2.24) is 30.6 Å². The van der Waals surface area contributed by atoms with E-state index in [1.807, 2.05) is 30.9 Å². The lowest BCUT2D eigenvalue weighted by molar-refractivity contribution is -0.136. The van der Waals surface area contributed by atoms with E-state index in [1.54, 1.807) is 24.3 Å². The number of hydrogen-bond acceptors (Lipinski definition) is 12. The van der Waals surface area contributed by atoms with Crippen LogP contribution >= 0.6 is 11.6 Å². The van der Waals surface area contributed by atoms with Gasteiger partial charge in [0.1, 0.15) is 23.7 Å². The summed E-state index contributed by atoms with van der Waals surface area (Å²) in [4.78, 5) is 71.3. The predicted molar refractivity (Wildman–Crippen MR) is 218 cm³/mol. The molecule has 4 fully saturated rings. The number of nitriles is 1. The Morgan fingerprint density at radius 1 is 0.933 bits per heavy atom. The minimum absolute atomic E-state index is 0.00262. The number of nitrogens with one attached hydrogen (secondary N) is 2. The zero-order chi connectivity index (χ0) is 42.2. The van der Waals surface area contributed by atoms with Crippen LogP contribution in [0.25, 0.3) is 0 Å². The summed E-state index contributed by atoms with van der Waals surface area (Å²) in [6, 6.07) is 11.9. The van der Waals surface area contributed by atoms with Crippen LogP contribution in [-0.2, 0) is 9.59 Å². The third kappa shape index (κ3) is 8.38. The van der Waals surface area contributed by atoms with Gasteiger partial charge < -0.3 is 19.9 Å². The molecule has 5 heterocycles. The Bertz CT molecular complexity index is 2230. The second-order valence-electron chi connectivity index (χ2n) is 16.6. The molecular formula is C43H47ClFN9O6. The van der Waals surface area contributed by atoms with Gasteiger partial charge in [0.2, 0.25) is 11.8 Å². The van der Waals surface area contributed by atoms with E-state index in [2.05, 4.69) is 30.6 Å². The van der Waals surface area contributed by atoms with Gasteiger partial charge in [-0.25, -0.2) is 4.39 Å². The van der Waals surface area contributed by atoms with Gasteiger partial charge in [-0.05, 0) is 101 Å². The van der Waals surface area contributed by atoms with E-state index >= 15 is 4.39 Å². The van der Waals surface area contributed by atoms with Crippen molar-refractivity contribution in [3.8, 4) is 11.8 Å². The van der Waals surface area contributed by atoms with Crippen LogP contribution in [0.5, 0.6) is 5.75 Å². The van der Waals surface area contributed by atoms with Crippen molar-refractivity contribution < 1.29 is 33.1 Å². The van der Waals surface area contributed by atoms with E-state index in [9.17, 15) is 24.0 Å². The molecule has 5 amide bonds. The summed E-state index contributed by atoms with van der Waals surface area (Å²) in [5.41, 5.74) is 0.915. The number of amides is 5. The molecule has 4 aliphatic heterocycles. The molecule has 60 heavy (non-hydrogen) atoms. The van der Waals surface area contributed by atoms with Gasteiger partial charge in [-0.1, -0.05) is 11.6 Å². The van der Waals surface area contributed by atoms with Crippen molar-refractivity contribution in [3.63, 3.8) is 0 Å². The van der Waals surface area contributed by atoms with Crippen molar-refractivity contribution in [2.75, 3.05) is 42.5 Å². The highest BCUT2D eigenvalue weighted by Crippen LogP contribution is 2.36. The maximum Gasteiger partial charge on any atom is 0.272 e. The van der Waals surface area contributed by atoms with E-state index in [0.29, 0.717) is 35.3 Å². The largest absolute Gasteiger partial charge is 0.490 e. The fourth-order valence-corrected chi connectivity index (χ4v) is 9.71. The topological polar surface area (TPSA) is 181 Å². The fourth-order valence-electron chi connectivity index (χ4n) is 9.49. The van der Waals surface area contributed by atoms with Crippen molar-refractivity contribution >= 4 is 52.6 Å². The Hall–Kier alpha value is -5.66. The van der Waals surface area contributed by atoms with Gasteiger partial charge >= 0.3 is 0 Å². The molecular weight excluding hydrogens is 793 g/mol. The molecule has 314 valence electrons. The maximum absolute atomic E-state index is 15.8. The normalized spacial score (nSPS) is 25.2. The Kier molecular flexibility index (Phi) is 11.7. The van der Waals surface area contributed by atoms with Crippen LogP contribution in [0.4, 0.5) is 15.9 Å². The molecule has 0 radical (unpaired) electrons. The summed E-state index contributed by atoms with van der Waals surface area (Å²) < 4.78 is 21.8. The third-order valence-electron chi connectivity index (χ3n) is 12.5. The maximum atomic E-state index is 15.8. The highest BCUT2D eigenvalue weighted by Gasteiger charge is 2.46. The number of aromatic nitrogens is 2. The molecule has 3 unspecified atom stereocenters. The van der Waals surface area contributed by atoms with E-state index in [4.69, 9.17) is 21.6 Å². The lowest BCUT2D eigenvalue weighted by atomic mass is 9.92. The van der Waals surface area contributed by atoms with Crippen molar-refractivity contribution in [3.05, 3.63) is 75.7 Å². The van der Waals surface area contributed by atoms with Crippen LogP contribution < -0.4 is 25.2 Å². The number of piperazine rings is 1. The van der Waals surface area contributed by atoms with E-state index in [0.717, 1.165) is 74.9 Å². The molecule has 1 aliphatic carbocycles. The SMILES string of the molecule is CC1CN(CC2CCN(c3ccc(C(=O)N[C@H]4CC[C@H](Oc5ccc(C#N)c(Cl)c5)CC4)nn3)CC2)CC(C)N1c1cc2c(cc1F)C(=O)N(C1CCC(=O)NC1=O)C2=O. The van der Waals surface area contributed by atoms with Crippen LogP contribution in [0.15, 0.2) is 42.5 Å². The van der Waals surface area contributed by atoms with Gasteiger partial charge in [-0.2, -0.15) is 5.26 Å². The van der Waals surface area contributed by atoms with Crippen LogP contribution in [0, 0.1) is 23.1 Å². The zero-order valence-electron chi connectivity index (χ0n) is 33.5. The Balaban J connectivity index is 0.792. The van der Waals surface area contributed by atoms with Crippen LogP contribution in [0.1, 0.15) is 102 Å². The highest BCUT2D eigenvalue weighted by atomic mass is 35.5. The summed E-state index contributed by atoms with van der Waals surface area (Å²) in [5.74, 6) is -1.60. The number of piperidine rings is 2. The average molecular weight is 840 g/mol. The highest BCUT2D eigenvalue weighted by molar-refractivity contribution is 6.31. The number of rotatable bonds is 9. The van der Waals surface area contributed by atoms with Crippen LogP contribution in [0.2, 0.25) is 5.02 Å². The van der Waals surface area contributed by atoms with E-state index < -0.39 is 35.5 Å². The first-order valence-corrected chi connectivity index (χ1v) is 21.1. The number of carbonyl (C=O) groups excluding carboxylic acids is 5. The second kappa shape index (κ2) is 17.1. The number of ether oxygens (including phenoxy) is 1. The zero-order valence-corrected chi connectivity index (χ0v) is 34.3. The molecule has 3 saturated heterocycles. The van der Waals surface area contributed by atoms with Crippen molar-refractivity contribution in [2.45, 2.75) is 95.5 Å². The number of imide groups is 2. The van der Waals surface area contributed by atoms with Crippen molar-refractivity contribution in [2.24, 2.45) is 5.92 Å². The van der Waals surface area contributed by atoms with Gasteiger partial charge in [-0.15, -0.1) is 10.2 Å². The number of nitrogens with zero attached hydrogens (tertiary/aromatic N) is 7. The predicted octanol–water partition coefficient (Wildman–Crippen LogP) is 4.48. The fraction of sp³-hybridized carbons (Fsp3) is 0.488. The Morgan fingerprint density at radius 3 is 2.27 bits per heavy atom. The molecule has 17 heteroatoms. The number of fused-ring (bicyclic) bond motifs is 1. The van der Waals surface area contributed by atoms with Crippen molar-refractivity contribution in [1.29, 1.82) is 5.26 Å². The second-order valence-corrected chi connectivity index (χ2v) is 17.1. The first-order chi connectivity index (χ1) is 28.9. The summed E-state index contributed by atoms with van der Waals surface area (Å²) in [7, 11) is 0. The van der Waals surface area contributed by atoms with Gasteiger partial charge in [0.15, 0.2) is 11.5 Å². The first-order valence-electron chi connectivity index (χ1n) is 20.7. The molecule has 3 aromatic rings. The quantitative estimate of drug-likeness (QED) is 0.289. The van der Waals surface area contributed by atoms with Gasteiger partial charge in [0.25, 0.3) is 17.7 Å². The molecule has 2 N–H and O–H groups in total. The molecule has 0 bridgehead atoms. The van der Waals surface area contributed by atoms with Crippen LogP contribution in [-0.4, -0.2) is 113 Å².